The molecule has 0 saturated carbocycles. The number of ether oxygens (including phenoxy) is 2. The van der Waals surface area contributed by atoms with Crippen LogP contribution in [0.1, 0.15) is 34.6 Å². The van der Waals surface area contributed by atoms with Gasteiger partial charge >= 0.3 is 12.2 Å². The van der Waals surface area contributed by atoms with E-state index in [4.69, 9.17) is 4.74 Å². The SMILES string of the molecule is CCOC(=O)NN(C(=O)OCC)C(C)C(=O)C=C(C)C. The summed E-state index contributed by atoms with van der Waals surface area (Å²) in [5, 5.41) is 0.823. The molecule has 114 valence electrons. The van der Waals surface area contributed by atoms with Crippen molar-refractivity contribution < 1.29 is 23.9 Å². The van der Waals surface area contributed by atoms with E-state index < -0.39 is 18.2 Å². The standard InChI is InChI=1S/C13H22N2O5/c1-6-19-12(17)14-15(13(18)20-7-2)10(5)11(16)8-9(3)4/h8,10H,6-7H2,1-5H3,(H,14,17). The van der Waals surface area contributed by atoms with Crippen molar-refractivity contribution in [1.82, 2.24) is 10.4 Å². The maximum Gasteiger partial charge on any atom is 0.429 e. The van der Waals surface area contributed by atoms with Gasteiger partial charge in [-0.3, -0.25) is 4.79 Å². The number of ketones is 1. The molecule has 0 heterocycles. The summed E-state index contributed by atoms with van der Waals surface area (Å²) in [6.07, 6.45) is -0.245. The van der Waals surface area contributed by atoms with Gasteiger partial charge in [-0.15, -0.1) is 0 Å². The zero-order valence-electron chi connectivity index (χ0n) is 12.6. The third kappa shape index (κ3) is 6.21. The lowest BCUT2D eigenvalue weighted by Crippen LogP contribution is -2.53. The molecule has 2 amide bonds. The number of nitrogens with one attached hydrogen (secondary N) is 1. The number of hydrogen-bond acceptors (Lipinski definition) is 5. The molecule has 20 heavy (non-hydrogen) atoms. The Balaban J connectivity index is 5.00. The van der Waals surface area contributed by atoms with E-state index in [1.54, 1.807) is 27.7 Å². The lowest BCUT2D eigenvalue weighted by molar-refractivity contribution is -0.119. The van der Waals surface area contributed by atoms with Gasteiger partial charge in [0.25, 0.3) is 0 Å². The van der Waals surface area contributed by atoms with Crippen LogP contribution in [0.25, 0.3) is 0 Å². The third-order valence-electron chi connectivity index (χ3n) is 2.18. The molecule has 0 aromatic heterocycles. The van der Waals surface area contributed by atoms with Gasteiger partial charge in [-0.05, 0) is 40.7 Å². The summed E-state index contributed by atoms with van der Waals surface area (Å²) in [5.41, 5.74) is 3.00. The lowest BCUT2D eigenvalue weighted by atomic mass is 10.1. The highest BCUT2D eigenvalue weighted by molar-refractivity contribution is 5.96. The Bertz CT molecular complexity index is 388. The molecule has 0 aromatic rings. The zero-order chi connectivity index (χ0) is 15.7. The summed E-state index contributed by atoms with van der Waals surface area (Å²) in [6.45, 7) is 8.55. The minimum atomic E-state index is -0.895. The average Bonchev–Trinajstić information content (AvgIpc) is 2.34. The second-order valence-corrected chi connectivity index (χ2v) is 4.20. The maximum absolute atomic E-state index is 11.9. The van der Waals surface area contributed by atoms with Gasteiger partial charge < -0.3 is 9.47 Å². The van der Waals surface area contributed by atoms with Crippen molar-refractivity contribution in [2.45, 2.75) is 40.7 Å². The first-order valence-electron chi connectivity index (χ1n) is 6.41. The molecule has 7 nitrogen and oxygen atoms in total. The molecule has 1 N–H and O–H groups in total. The van der Waals surface area contributed by atoms with E-state index in [2.05, 4.69) is 10.2 Å². The van der Waals surface area contributed by atoms with Crippen LogP contribution in [0.2, 0.25) is 0 Å². The van der Waals surface area contributed by atoms with E-state index in [9.17, 15) is 14.4 Å². The van der Waals surface area contributed by atoms with Crippen LogP contribution in [-0.2, 0) is 14.3 Å². The molecule has 7 heteroatoms. The number of carbonyl (C=O) groups excluding carboxylic acids is 3. The minimum Gasteiger partial charge on any atom is -0.449 e. The van der Waals surface area contributed by atoms with E-state index in [1.807, 2.05) is 0 Å². The van der Waals surface area contributed by atoms with E-state index in [0.717, 1.165) is 10.6 Å². The van der Waals surface area contributed by atoms with E-state index in [-0.39, 0.29) is 19.0 Å². The van der Waals surface area contributed by atoms with Gasteiger partial charge in [0.05, 0.1) is 13.2 Å². The predicted octanol–water partition coefficient (Wildman–Crippen LogP) is 2.03. The van der Waals surface area contributed by atoms with Gasteiger partial charge in [0.15, 0.2) is 5.78 Å². The van der Waals surface area contributed by atoms with Crippen LogP contribution in [0.3, 0.4) is 0 Å². The fourth-order valence-electron chi connectivity index (χ4n) is 1.29. The van der Waals surface area contributed by atoms with Crippen LogP contribution in [0.5, 0.6) is 0 Å². The van der Waals surface area contributed by atoms with Gasteiger partial charge in [-0.25, -0.2) is 20.0 Å². The molecule has 0 radical (unpaired) electrons. The molecule has 1 unspecified atom stereocenters. The molecule has 0 aliphatic rings. The Hall–Kier alpha value is -2.05. The molecule has 0 aliphatic heterocycles. The highest BCUT2D eigenvalue weighted by atomic mass is 16.6. The van der Waals surface area contributed by atoms with Crippen molar-refractivity contribution in [2.75, 3.05) is 13.2 Å². The number of hydrazine groups is 1. The molecule has 0 spiro atoms. The zero-order valence-corrected chi connectivity index (χ0v) is 12.6. The minimum absolute atomic E-state index is 0.128. The quantitative estimate of drug-likeness (QED) is 0.617. The fraction of sp³-hybridized carbons (Fsp3) is 0.615. The van der Waals surface area contributed by atoms with E-state index in [0.29, 0.717) is 0 Å². The van der Waals surface area contributed by atoms with Gasteiger partial charge in [0.1, 0.15) is 6.04 Å². The Morgan fingerprint density at radius 1 is 1.15 bits per heavy atom. The Labute approximate surface area is 118 Å². The second kappa shape index (κ2) is 8.95. The first-order valence-corrected chi connectivity index (χ1v) is 6.41. The summed E-state index contributed by atoms with van der Waals surface area (Å²) in [4.78, 5) is 35.1. The van der Waals surface area contributed by atoms with Crippen LogP contribution in [0.4, 0.5) is 9.59 Å². The number of hydrogen-bond donors (Lipinski definition) is 1. The second-order valence-electron chi connectivity index (χ2n) is 4.20. The lowest BCUT2D eigenvalue weighted by Gasteiger charge is -2.26. The summed E-state index contributed by atoms with van der Waals surface area (Å²) in [6, 6.07) is -0.895. The van der Waals surface area contributed by atoms with Crippen LogP contribution in [0.15, 0.2) is 11.6 Å². The molecule has 0 aliphatic carbocycles. The first kappa shape index (κ1) is 17.9. The maximum atomic E-state index is 11.9. The van der Waals surface area contributed by atoms with Crippen LogP contribution in [-0.4, -0.2) is 42.2 Å². The molecule has 0 saturated heterocycles. The normalized spacial score (nSPS) is 11.1. The van der Waals surface area contributed by atoms with Gasteiger partial charge in [0, 0.05) is 0 Å². The van der Waals surface area contributed by atoms with Gasteiger partial charge in [-0.2, -0.15) is 0 Å². The average molecular weight is 286 g/mol. The van der Waals surface area contributed by atoms with Crippen molar-refractivity contribution >= 4 is 18.0 Å². The number of amides is 2. The van der Waals surface area contributed by atoms with Gasteiger partial charge in [-0.1, -0.05) is 5.57 Å². The number of allylic oxidation sites excluding steroid dienone is 1. The molecule has 0 fully saturated rings. The summed E-state index contributed by atoms with van der Waals surface area (Å²) < 4.78 is 9.49. The summed E-state index contributed by atoms with van der Waals surface area (Å²) >= 11 is 0. The largest absolute Gasteiger partial charge is 0.449 e. The first-order chi connectivity index (χ1) is 9.33. The molecule has 0 bridgehead atoms. The van der Waals surface area contributed by atoms with E-state index in [1.165, 1.54) is 13.0 Å². The molecular formula is C13H22N2O5. The monoisotopic (exact) mass is 286 g/mol. The van der Waals surface area contributed by atoms with Crippen LogP contribution >= 0.6 is 0 Å². The Morgan fingerprint density at radius 2 is 1.70 bits per heavy atom. The van der Waals surface area contributed by atoms with Crippen molar-refractivity contribution in [3.05, 3.63) is 11.6 Å². The number of rotatable bonds is 5. The van der Waals surface area contributed by atoms with Crippen LogP contribution < -0.4 is 5.43 Å². The van der Waals surface area contributed by atoms with E-state index >= 15 is 0 Å². The van der Waals surface area contributed by atoms with Crippen molar-refractivity contribution in [3.8, 4) is 0 Å². The van der Waals surface area contributed by atoms with Crippen LogP contribution in [0, 0.1) is 0 Å². The predicted molar refractivity (Wildman–Crippen MR) is 72.9 cm³/mol. The molecule has 1 atom stereocenters. The van der Waals surface area contributed by atoms with Crippen molar-refractivity contribution in [2.24, 2.45) is 0 Å². The highest BCUT2D eigenvalue weighted by Crippen LogP contribution is 2.04. The van der Waals surface area contributed by atoms with Crippen molar-refractivity contribution in [1.29, 1.82) is 0 Å². The fourth-order valence-corrected chi connectivity index (χ4v) is 1.29. The highest BCUT2D eigenvalue weighted by Gasteiger charge is 2.28. The summed E-state index contributed by atoms with van der Waals surface area (Å²) in [5.74, 6) is -0.324. The van der Waals surface area contributed by atoms with Crippen molar-refractivity contribution in [3.63, 3.8) is 0 Å². The number of carbonyl (C=O) groups is 3. The molecule has 0 aromatic carbocycles. The molecular weight excluding hydrogens is 264 g/mol. The Morgan fingerprint density at radius 3 is 2.15 bits per heavy atom. The number of nitrogens with zero attached hydrogens (tertiary/aromatic N) is 1. The smallest absolute Gasteiger partial charge is 0.429 e. The van der Waals surface area contributed by atoms with Gasteiger partial charge in [0.2, 0.25) is 0 Å². The Kier molecular flexibility index (Phi) is 8.03. The summed E-state index contributed by atoms with van der Waals surface area (Å²) in [7, 11) is 0. The third-order valence-corrected chi connectivity index (χ3v) is 2.18. The molecule has 0 rings (SSSR count). The topological polar surface area (TPSA) is 84.9 Å².